The molecule has 3 rings (SSSR count). The van der Waals surface area contributed by atoms with E-state index in [4.69, 9.17) is 27.9 Å². The number of amides is 1. The van der Waals surface area contributed by atoms with Crippen LogP contribution in [0.15, 0.2) is 60.3 Å². The van der Waals surface area contributed by atoms with Crippen LogP contribution in [0, 0.1) is 6.92 Å². The fourth-order valence-corrected chi connectivity index (χ4v) is 4.02. The van der Waals surface area contributed by atoms with Crippen LogP contribution in [0.5, 0.6) is 5.75 Å². The van der Waals surface area contributed by atoms with Crippen molar-refractivity contribution in [2.24, 2.45) is 0 Å². The predicted octanol–water partition coefficient (Wildman–Crippen LogP) is 5.82. The number of aromatic nitrogens is 3. The molecule has 0 unspecified atom stereocenters. The molecule has 0 atom stereocenters. The lowest BCUT2D eigenvalue weighted by Gasteiger charge is -2.10. The Kier molecular flexibility index (Phi) is 9.02. The molecule has 0 aliphatic heterocycles. The molecule has 1 aromatic heterocycles. The van der Waals surface area contributed by atoms with Crippen molar-refractivity contribution < 1.29 is 9.53 Å². The van der Waals surface area contributed by atoms with E-state index in [9.17, 15) is 4.79 Å². The van der Waals surface area contributed by atoms with Crippen molar-refractivity contribution in [3.63, 3.8) is 0 Å². The molecule has 9 heteroatoms. The molecular weight excluding hydrogens is 467 g/mol. The summed E-state index contributed by atoms with van der Waals surface area (Å²) in [5, 5.41) is 12.9. The second kappa shape index (κ2) is 11.9. The minimum Gasteiger partial charge on any atom is -0.493 e. The van der Waals surface area contributed by atoms with Crippen LogP contribution in [0.25, 0.3) is 0 Å². The van der Waals surface area contributed by atoms with Crippen LogP contribution in [0.2, 0.25) is 10.0 Å². The standard InChI is InChI=1S/C23H24Cl2N4O2S/c1-3-12-29-21(9-6-13-31-20-8-5-4-7-16(20)2)27-28-23(29)32-15-22(30)26-17-10-11-18(24)19(25)14-17/h3-5,7-8,10-11,14H,1,6,9,12-13,15H2,2H3,(H,26,30). The van der Waals surface area contributed by atoms with E-state index in [0.717, 1.165) is 23.6 Å². The first kappa shape index (κ1) is 24.2. The Balaban J connectivity index is 1.53. The minimum atomic E-state index is -0.172. The van der Waals surface area contributed by atoms with Crippen LogP contribution in [0.1, 0.15) is 17.8 Å². The van der Waals surface area contributed by atoms with Crippen molar-refractivity contribution in [3.05, 3.63) is 76.6 Å². The van der Waals surface area contributed by atoms with E-state index < -0.39 is 0 Å². The van der Waals surface area contributed by atoms with Crippen molar-refractivity contribution in [1.29, 1.82) is 0 Å². The summed E-state index contributed by atoms with van der Waals surface area (Å²) in [4.78, 5) is 12.3. The average molecular weight is 491 g/mol. The zero-order chi connectivity index (χ0) is 22.9. The monoisotopic (exact) mass is 490 g/mol. The normalized spacial score (nSPS) is 10.7. The Morgan fingerprint density at radius 2 is 2.03 bits per heavy atom. The number of benzene rings is 2. The number of ether oxygens (including phenoxy) is 1. The highest BCUT2D eigenvalue weighted by molar-refractivity contribution is 7.99. The zero-order valence-corrected chi connectivity index (χ0v) is 20.0. The molecule has 1 heterocycles. The van der Waals surface area contributed by atoms with Crippen molar-refractivity contribution in [2.75, 3.05) is 17.7 Å². The van der Waals surface area contributed by atoms with Gasteiger partial charge in [-0.2, -0.15) is 0 Å². The highest BCUT2D eigenvalue weighted by Crippen LogP contribution is 2.25. The zero-order valence-electron chi connectivity index (χ0n) is 17.7. The number of thioether (sulfide) groups is 1. The molecular formula is C23H24Cl2N4O2S. The molecule has 6 nitrogen and oxygen atoms in total. The van der Waals surface area contributed by atoms with Gasteiger partial charge in [0.15, 0.2) is 5.16 Å². The number of nitrogens with one attached hydrogen (secondary N) is 1. The lowest BCUT2D eigenvalue weighted by atomic mass is 10.2. The maximum absolute atomic E-state index is 12.3. The Hall–Kier alpha value is -2.48. The molecule has 168 valence electrons. The van der Waals surface area contributed by atoms with Gasteiger partial charge in [0, 0.05) is 18.7 Å². The van der Waals surface area contributed by atoms with Gasteiger partial charge in [-0.15, -0.1) is 16.8 Å². The number of para-hydroxylation sites is 1. The predicted molar refractivity (Wildman–Crippen MR) is 131 cm³/mol. The van der Waals surface area contributed by atoms with Gasteiger partial charge >= 0.3 is 0 Å². The van der Waals surface area contributed by atoms with E-state index in [2.05, 4.69) is 22.1 Å². The van der Waals surface area contributed by atoms with Crippen LogP contribution in [0.3, 0.4) is 0 Å². The fraction of sp³-hybridized carbons (Fsp3) is 0.261. The molecule has 0 aliphatic rings. The lowest BCUT2D eigenvalue weighted by Crippen LogP contribution is -2.15. The molecule has 0 aliphatic carbocycles. The number of hydrogen-bond donors (Lipinski definition) is 1. The number of rotatable bonds is 11. The van der Waals surface area contributed by atoms with Gasteiger partial charge in [0.05, 0.1) is 22.4 Å². The van der Waals surface area contributed by atoms with Crippen molar-refractivity contribution in [3.8, 4) is 5.75 Å². The van der Waals surface area contributed by atoms with Crippen LogP contribution in [0.4, 0.5) is 5.69 Å². The maximum atomic E-state index is 12.3. The van der Waals surface area contributed by atoms with Gasteiger partial charge in [0.1, 0.15) is 11.6 Å². The third-order valence-electron chi connectivity index (χ3n) is 4.54. The summed E-state index contributed by atoms with van der Waals surface area (Å²) in [5.74, 6) is 1.75. The molecule has 0 radical (unpaired) electrons. The Labute approximate surface area is 202 Å². The van der Waals surface area contributed by atoms with E-state index in [0.29, 0.717) is 40.5 Å². The van der Waals surface area contributed by atoms with Crippen LogP contribution in [-0.2, 0) is 17.8 Å². The minimum absolute atomic E-state index is 0.172. The molecule has 32 heavy (non-hydrogen) atoms. The number of carbonyl (C=O) groups excluding carboxylic acids is 1. The Bertz CT molecular complexity index is 1090. The van der Waals surface area contributed by atoms with E-state index in [1.54, 1.807) is 24.3 Å². The molecule has 0 spiro atoms. The summed E-state index contributed by atoms with van der Waals surface area (Å²) in [5.41, 5.74) is 1.70. The maximum Gasteiger partial charge on any atom is 0.234 e. The fourth-order valence-electron chi connectivity index (χ4n) is 2.96. The molecule has 0 fully saturated rings. The largest absolute Gasteiger partial charge is 0.493 e. The number of allylic oxidation sites excluding steroid dienone is 1. The molecule has 3 aromatic rings. The molecule has 0 saturated heterocycles. The van der Waals surface area contributed by atoms with Crippen molar-refractivity contribution in [1.82, 2.24) is 14.8 Å². The summed E-state index contributed by atoms with van der Waals surface area (Å²) >= 11 is 13.2. The number of hydrogen-bond acceptors (Lipinski definition) is 5. The molecule has 0 bridgehead atoms. The van der Waals surface area contributed by atoms with Gasteiger partial charge < -0.3 is 14.6 Å². The van der Waals surface area contributed by atoms with Crippen LogP contribution in [-0.4, -0.2) is 33.0 Å². The number of nitrogens with zero attached hydrogens (tertiary/aromatic N) is 3. The number of carbonyl (C=O) groups is 1. The third-order valence-corrected chi connectivity index (χ3v) is 6.24. The van der Waals surface area contributed by atoms with Gasteiger partial charge in [-0.1, -0.05) is 59.2 Å². The van der Waals surface area contributed by atoms with Gasteiger partial charge in [-0.05, 0) is 43.2 Å². The van der Waals surface area contributed by atoms with Gasteiger partial charge in [-0.3, -0.25) is 4.79 Å². The Morgan fingerprint density at radius 3 is 2.78 bits per heavy atom. The average Bonchev–Trinajstić information content (AvgIpc) is 3.15. The summed E-state index contributed by atoms with van der Waals surface area (Å²) < 4.78 is 7.83. The summed E-state index contributed by atoms with van der Waals surface area (Å²) in [6.45, 7) is 6.99. The number of anilines is 1. The molecule has 0 saturated carbocycles. The molecule has 2 aromatic carbocycles. The molecule has 1 amide bonds. The highest BCUT2D eigenvalue weighted by Gasteiger charge is 2.14. The lowest BCUT2D eigenvalue weighted by molar-refractivity contribution is -0.113. The first-order valence-corrected chi connectivity index (χ1v) is 11.8. The van der Waals surface area contributed by atoms with Crippen molar-refractivity contribution >= 4 is 46.6 Å². The Morgan fingerprint density at radius 1 is 1.22 bits per heavy atom. The SMILES string of the molecule is C=CCn1c(CCCOc2ccccc2C)nnc1SCC(=O)Nc1ccc(Cl)c(Cl)c1. The van der Waals surface area contributed by atoms with Crippen LogP contribution < -0.4 is 10.1 Å². The first-order chi connectivity index (χ1) is 15.5. The topological polar surface area (TPSA) is 69.0 Å². The van der Waals surface area contributed by atoms with Crippen LogP contribution >= 0.6 is 35.0 Å². The summed E-state index contributed by atoms with van der Waals surface area (Å²) in [7, 11) is 0. The number of halogens is 2. The quantitative estimate of drug-likeness (QED) is 0.208. The second-order valence-corrected chi connectivity index (χ2v) is 8.74. The second-order valence-electron chi connectivity index (χ2n) is 6.98. The smallest absolute Gasteiger partial charge is 0.234 e. The first-order valence-electron chi connectivity index (χ1n) is 10.1. The van der Waals surface area contributed by atoms with E-state index in [-0.39, 0.29) is 11.7 Å². The molecule has 1 N–H and O–H groups in total. The third kappa shape index (κ3) is 6.76. The highest BCUT2D eigenvalue weighted by atomic mass is 35.5. The van der Waals surface area contributed by atoms with Gasteiger partial charge in [-0.25, -0.2) is 0 Å². The van der Waals surface area contributed by atoms with Gasteiger partial charge in [0.25, 0.3) is 0 Å². The van der Waals surface area contributed by atoms with Gasteiger partial charge in [0.2, 0.25) is 5.91 Å². The number of aryl methyl sites for hydroxylation is 2. The van der Waals surface area contributed by atoms with E-state index in [1.165, 1.54) is 11.8 Å². The van der Waals surface area contributed by atoms with E-state index >= 15 is 0 Å². The summed E-state index contributed by atoms with van der Waals surface area (Å²) in [6, 6.07) is 12.9. The van der Waals surface area contributed by atoms with E-state index in [1.807, 2.05) is 35.8 Å². The van der Waals surface area contributed by atoms with Crippen molar-refractivity contribution in [2.45, 2.75) is 31.5 Å². The summed E-state index contributed by atoms with van der Waals surface area (Å²) in [6.07, 6.45) is 3.30.